The zero-order valence-corrected chi connectivity index (χ0v) is 12.5. The van der Waals surface area contributed by atoms with E-state index in [1.54, 1.807) is 43.4 Å². The summed E-state index contributed by atoms with van der Waals surface area (Å²) in [5.74, 6) is -0.387. The third kappa shape index (κ3) is 4.10. The zero-order valence-electron chi connectivity index (χ0n) is 11.6. The van der Waals surface area contributed by atoms with Crippen LogP contribution in [0, 0.1) is 5.82 Å². The van der Waals surface area contributed by atoms with Gasteiger partial charge in [-0.1, -0.05) is 30.3 Å². The largest absolute Gasteiger partial charge is 0.316 e. The Morgan fingerprint density at radius 3 is 2.52 bits per heavy atom. The minimum atomic E-state index is -3.64. The summed E-state index contributed by atoms with van der Waals surface area (Å²) in [6.07, 6.45) is 0. The van der Waals surface area contributed by atoms with Crippen LogP contribution in [0.25, 0.3) is 0 Å². The molecule has 112 valence electrons. The van der Waals surface area contributed by atoms with Gasteiger partial charge in [-0.25, -0.2) is 17.5 Å². The molecule has 0 aliphatic heterocycles. The van der Waals surface area contributed by atoms with E-state index in [0.717, 1.165) is 0 Å². The first-order valence-corrected chi connectivity index (χ1v) is 7.98. The average molecular weight is 308 g/mol. The summed E-state index contributed by atoms with van der Waals surface area (Å²) < 4.78 is 40.3. The number of rotatable bonds is 6. The van der Waals surface area contributed by atoms with E-state index in [1.165, 1.54) is 12.1 Å². The Hall–Kier alpha value is -1.76. The minimum absolute atomic E-state index is 0.0496. The van der Waals surface area contributed by atoms with E-state index in [2.05, 4.69) is 10.0 Å². The monoisotopic (exact) mass is 308 g/mol. The Kier molecular flexibility index (Phi) is 5.06. The quantitative estimate of drug-likeness (QED) is 0.858. The van der Waals surface area contributed by atoms with E-state index < -0.39 is 10.0 Å². The molecule has 0 fully saturated rings. The van der Waals surface area contributed by atoms with Crippen molar-refractivity contribution in [2.24, 2.45) is 0 Å². The molecule has 2 N–H and O–H groups in total. The summed E-state index contributed by atoms with van der Waals surface area (Å²) in [4.78, 5) is 0.232. The summed E-state index contributed by atoms with van der Waals surface area (Å²) in [7, 11) is -1.88. The van der Waals surface area contributed by atoms with Crippen LogP contribution in [0.1, 0.15) is 11.1 Å². The van der Waals surface area contributed by atoms with Crippen LogP contribution in [0.2, 0.25) is 0 Å². The number of benzene rings is 2. The van der Waals surface area contributed by atoms with Crippen molar-refractivity contribution in [3.8, 4) is 0 Å². The molecule has 0 amide bonds. The van der Waals surface area contributed by atoms with Crippen LogP contribution in [0.5, 0.6) is 0 Å². The maximum atomic E-state index is 13.1. The summed E-state index contributed by atoms with van der Waals surface area (Å²) in [6, 6.07) is 12.6. The molecule has 0 radical (unpaired) electrons. The maximum Gasteiger partial charge on any atom is 0.241 e. The van der Waals surface area contributed by atoms with Gasteiger partial charge in [-0.15, -0.1) is 0 Å². The Morgan fingerprint density at radius 1 is 1.05 bits per heavy atom. The number of nitrogens with one attached hydrogen (secondary N) is 2. The van der Waals surface area contributed by atoms with E-state index in [1.807, 2.05) is 0 Å². The van der Waals surface area contributed by atoms with Gasteiger partial charge >= 0.3 is 0 Å². The standard InChI is InChI=1S/C15H17FN2O2S/c1-17-11-13-6-2-3-8-15(13)21(19,20)18-10-12-5-4-7-14(16)9-12/h2-9,17-18H,10-11H2,1H3. The highest BCUT2D eigenvalue weighted by Crippen LogP contribution is 2.15. The molecular formula is C15H17FN2O2S. The number of hydrogen-bond acceptors (Lipinski definition) is 3. The Bertz CT molecular complexity index is 717. The molecule has 2 aromatic carbocycles. The molecule has 0 bridgehead atoms. The van der Waals surface area contributed by atoms with Crippen LogP contribution < -0.4 is 10.0 Å². The van der Waals surface area contributed by atoms with Gasteiger partial charge in [-0.05, 0) is 36.4 Å². The molecule has 0 aromatic heterocycles. The van der Waals surface area contributed by atoms with Crippen LogP contribution in [-0.2, 0) is 23.1 Å². The minimum Gasteiger partial charge on any atom is -0.316 e. The third-order valence-electron chi connectivity index (χ3n) is 2.98. The lowest BCUT2D eigenvalue weighted by Gasteiger charge is -2.11. The smallest absolute Gasteiger partial charge is 0.241 e. The van der Waals surface area contributed by atoms with Crippen LogP contribution in [-0.4, -0.2) is 15.5 Å². The third-order valence-corrected chi connectivity index (χ3v) is 4.49. The number of halogens is 1. The second-order valence-corrected chi connectivity index (χ2v) is 6.33. The molecule has 0 saturated carbocycles. The first-order valence-electron chi connectivity index (χ1n) is 6.49. The van der Waals surface area contributed by atoms with Crippen molar-refractivity contribution in [1.29, 1.82) is 0 Å². The van der Waals surface area contributed by atoms with E-state index in [0.29, 0.717) is 17.7 Å². The molecule has 4 nitrogen and oxygen atoms in total. The lowest BCUT2D eigenvalue weighted by Crippen LogP contribution is -2.25. The lowest BCUT2D eigenvalue weighted by atomic mass is 10.2. The second-order valence-electron chi connectivity index (χ2n) is 4.59. The molecule has 21 heavy (non-hydrogen) atoms. The molecule has 0 spiro atoms. The second kappa shape index (κ2) is 6.80. The Labute approximate surface area is 124 Å². The van der Waals surface area contributed by atoms with Crippen molar-refractivity contribution >= 4 is 10.0 Å². The van der Waals surface area contributed by atoms with E-state index >= 15 is 0 Å². The summed E-state index contributed by atoms with van der Waals surface area (Å²) in [5.41, 5.74) is 1.26. The predicted molar refractivity (Wildman–Crippen MR) is 79.6 cm³/mol. The summed E-state index contributed by atoms with van der Waals surface area (Å²) >= 11 is 0. The van der Waals surface area contributed by atoms with Crippen molar-refractivity contribution < 1.29 is 12.8 Å². The first kappa shape index (κ1) is 15.6. The topological polar surface area (TPSA) is 58.2 Å². The molecular weight excluding hydrogens is 291 g/mol. The van der Waals surface area contributed by atoms with E-state index in [9.17, 15) is 12.8 Å². The molecule has 0 aliphatic rings. The fourth-order valence-electron chi connectivity index (χ4n) is 2.01. The van der Waals surface area contributed by atoms with Crippen molar-refractivity contribution in [2.75, 3.05) is 7.05 Å². The van der Waals surface area contributed by atoms with Crippen molar-refractivity contribution in [3.05, 3.63) is 65.5 Å². The van der Waals surface area contributed by atoms with Crippen molar-refractivity contribution in [1.82, 2.24) is 10.0 Å². The van der Waals surface area contributed by atoms with Crippen LogP contribution >= 0.6 is 0 Å². The van der Waals surface area contributed by atoms with Crippen LogP contribution in [0.3, 0.4) is 0 Å². The molecule has 0 aliphatic carbocycles. The highest BCUT2D eigenvalue weighted by atomic mass is 32.2. The molecule has 0 saturated heterocycles. The molecule has 0 atom stereocenters. The summed E-state index contributed by atoms with van der Waals surface area (Å²) in [5, 5.41) is 2.94. The molecule has 6 heteroatoms. The predicted octanol–water partition coefficient (Wildman–Crippen LogP) is 2.02. The summed E-state index contributed by atoms with van der Waals surface area (Å²) in [6.45, 7) is 0.505. The van der Waals surface area contributed by atoms with Crippen molar-refractivity contribution in [2.45, 2.75) is 18.0 Å². The highest BCUT2D eigenvalue weighted by molar-refractivity contribution is 7.89. The molecule has 0 unspecified atom stereocenters. The Balaban J connectivity index is 2.19. The van der Waals surface area contributed by atoms with Gasteiger partial charge in [0.1, 0.15) is 5.82 Å². The molecule has 0 heterocycles. The fraction of sp³-hybridized carbons (Fsp3) is 0.200. The SMILES string of the molecule is CNCc1ccccc1S(=O)(=O)NCc1cccc(F)c1. The van der Waals surface area contributed by atoms with Crippen LogP contribution in [0.15, 0.2) is 53.4 Å². The van der Waals surface area contributed by atoms with E-state index in [4.69, 9.17) is 0 Å². The average Bonchev–Trinajstić information content (AvgIpc) is 2.46. The van der Waals surface area contributed by atoms with Gasteiger partial charge in [-0.3, -0.25) is 0 Å². The van der Waals surface area contributed by atoms with Gasteiger partial charge in [0.25, 0.3) is 0 Å². The Morgan fingerprint density at radius 2 is 1.81 bits per heavy atom. The highest BCUT2D eigenvalue weighted by Gasteiger charge is 2.17. The van der Waals surface area contributed by atoms with Gasteiger partial charge < -0.3 is 5.32 Å². The van der Waals surface area contributed by atoms with Gasteiger partial charge in [0.05, 0.1) is 4.90 Å². The van der Waals surface area contributed by atoms with Gasteiger partial charge in [-0.2, -0.15) is 0 Å². The number of sulfonamides is 1. The van der Waals surface area contributed by atoms with Gasteiger partial charge in [0.2, 0.25) is 10.0 Å². The van der Waals surface area contributed by atoms with Crippen molar-refractivity contribution in [3.63, 3.8) is 0 Å². The first-order chi connectivity index (χ1) is 10.0. The van der Waals surface area contributed by atoms with Gasteiger partial charge in [0, 0.05) is 13.1 Å². The van der Waals surface area contributed by atoms with Gasteiger partial charge in [0.15, 0.2) is 0 Å². The molecule has 2 aromatic rings. The molecule has 2 rings (SSSR count). The fourth-order valence-corrected chi connectivity index (χ4v) is 3.26. The number of hydrogen-bond donors (Lipinski definition) is 2. The zero-order chi connectivity index (χ0) is 15.3. The lowest BCUT2D eigenvalue weighted by molar-refractivity contribution is 0.578. The maximum absolute atomic E-state index is 13.1. The van der Waals surface area contributed by atoms with Crippen LogP contribution in [0.4, 0.5) is 4.39 Å². The van der Waals surface area contributed by atoms with E-state index in [-0.39, 0.29) is 17.3 Å². The normalized spacial score (nSPS) is 11.5.